The monoisotopic (exact) mass is 239 g/mol. The van der Waals surface area contributed by atoms with Crippen molar-refractivity contribution in [2.75, 3.05) is 6.61 Å². The molecule has 0 aromatic rings. The van der Waals surface area contributed by atoms with Gasteiger partial charge in [0, 0.05) is 6.04 Å². The standard InChI is InChI=1S/C14H25NO2/c1-4-9-17-13(14(16)15-11(2)3)10-12-7-5-6-8-12/h4,11-13H,1,5-10H2,2-3H3,(H,15,16). The summed E-state index contributed by atoms with van der Waals surface area (Å²) >= 11 is 0. The van der Waals surface area contributed by atoms with Crippen molar-refractivity contribution in [3.63, 3.8) is 0 Å². The van der Waals surface area contributed by atoms with E-state index in [1.807, 2.05) is 13.8 Å². The number of ether oxygens (including phenoxy) is 1. The predicted molar refractivity (Wildman–Crippen MR) is 69.8 cm³/mol. The molecule has 0 aromatic heterocycles. The van der Waals surface area contributed by atoms with Crippen LogP contribution in [0.1, 0.15) is 46.0 Å². The van der Waals surface area contributed by atoms with Crippen molar-refractivity contribution in [1.29, 1.82) is 0 Å². The molecule has 1 saturated carbocycles. The number of hydrogen-bond donors (Lipinski definition) is 1. The molecule has 0 radical (unpaired) electrons. The van der Waals surface area contributed by atoms with Crippen LogP contribution in [0.25, 0.3) is 0 Å². The number of nitrogens with one attached hydrogen (secondary N) is 1. The molecule has 0 spiro atoms. The summed E-state index contributed by atoms with van der Waals surface area (Å²) in [5.41, 5.74) is 0. The molecule has 0 heterocycles. The zero-order valence-corrected chi connectivity index (χ0v) is 11.1. The van der Waals surface area contributed by atoms with Crippen LogP contribution < -0.4 is 5.32 Å². The fourth-order valence-corrected chi connectivity index (χ4v) is 2.36. The number of carbonyl (C=O) groups excluding carboxylic acids is 1. The van der Waals surface area contributed by atoms with Crippen LogP contribution in [0.2, 0.25) is 0 Å². The van der Waals surface area contributed by atoms with Gasteiger partial charge in [-0.15, -0.1) is 6.58 Å². The van der Waals surface area contributed by atoms with Crippen LogP contribution in [0.15, 0.2) is 12.7 Å². The van der Waals surface area contributed by atoms with E-state index in [9.17, 15) is 4.79 Å². The van der Waals surface area contributed by atoms with Gasteiger partial charge < -0.3 is 10.1 Å². The third kappa shape index (κ3) is 5.35. The molecule has 0 bridgehead atoms. The minimum atomic E-state index is -0.307. The first-order valence-corrected chi connectivity index (χ1v) is 6.66. The molecular formula is C14H25NO2. The molecule has 3 nitrogen and oxygen atoms in total. The molecule has 1 rings (SSSR count). The topological polar surface area (TPSA) is 38.3 Å². The van der Waals surface area contributed by atoms with Gasteiger partial charge in [-0.3, -0.25) is 4.79 Å². The maximum absolute atomic E-state index is 12.0. The zero-order chi connectivity index (χ0) is 12.7. The first kappa shape index (κ1) is 14.2. The van der Waals surface area contributed by atoms with Gasteiger partial charge in [0.15, 0.2) is 0 Å². The lowest BCUT2D eigenvalue weighted by atomic mass is 9.99. The second-order valence-corrected chi connectivity index (χ2v) is 5.16. The SMILES string of the molecule is C=CCOC(CC1CCCC1)C(=O)NC(C)C. The summed E-state index contributed by atoms with van der Waals surface area (Å²) in [6.45, 7) is 8.02. The highest BCUT2D eigenvalue weighted by Gasteiger charge is 2.25. The fraction of sp³-hybridized carbons (Fsp3) is 0.786. The van der Waals surface area contributed by atoms with Gasteiger partial charge in [0.1, 0.15) is 6.10 Å². The number of amides is 1. The Morgan fingerprint density at radius 3 is 2.65 bits per heavy atom. The summed E-state index contributed by atoms with van der Waals surface area (Å²) in [6, 6.07) is 0.168. The van der Waals surface area contributed by atoms with E-state index in [4.69, 9.17) is 4.74 Å². The Kier molecular flexibility index (Phi) is 6.27. The summed E-state index contributed by atoms with van der Waals surface area (Å²) in [6.07, 6.45) is 7.32. The molecule has 1 amide bonds. The molecule has 1 fully saturated rings. The summed E-state index contributed by atoms with van der Waals surface area (Å²) in [7, 11) is 0. The molecule has 1 unspecified atom stereocenters. The molecule has 98 valence electrons. The second kappa shape index (κ2) is 7.49. The van der Waals surface area contributed by atoms with E-state index >= 15 is 0 Å². The molecule has 1 N–H and O–H groups in total. The molecule has 1 aliphatic carbocycles. The van der Waals surface area contributed by atoms with Crippen LogP contribution in [0, 0.1) is 5.92 Å². The van der Waals surface area contributed by atoms with Crippen molar-refractivity contribution in [2.24, 2.45) is 5.92 Å². The van der Waals surface area contributed by atoms with Crippen molar-refractivity contribution >= 4 is 5.91 Å². The highest BCUT2D eigenvalue weighted by molar-refractivity contribution is 5.81. The Morgan fingerprint density at radius 2 is 2.12 bits per heavy atom. The molecule has 17 heavy (non-hydrogen) atoms. The van der Waals surface area contributed by atoms with Gasteiger partial charge in [-0.05, 0) is 26.2 Å². The minimum absolute atomic E-state index is 0.0220. The lowest BCUT2D eigenvalue weighted by Crippen LogP contribution is -2.41. The Hall–Kier alpha value is -0.830. The quantitative estimate of drug-likeness (QED) is 0.694. The van der Waals surface area contributed by atoms with Crippen LogP contribution in [0.3, 0.4) is 0 Å². The maximum atomic E-state index is 12.0. The first-order valence-electron chi connectivity index (χ1n) is 6.66. The molecule has 1 aliphatic rings. The normalized spacial score (nSPS) is 18.3. The molecule has 0 saturated heterocycles. The Balaban J connectivity index is 2.45. The van der Waals surface area contributed by atoms with Crippen molar-refractivity contribution in [3.05, 3.63) is 12.7 Å². The fourth-order valence-electron chi connectivity index (χ4n) is 2.36. The second-order valence-electron chi connectivity index (χ2n) is 5.16. The van der Waals surface area contributed by atoms with E-state index in [2.05, 4.69) is 11.9 Å². The van der Waals surface area contributed by atoms with Gasteiger partial charge in [-0.2, -0.15) is 0 Å². The first-order chi connectivity index (χ1) is 8.13. The third-order valence-electron chi connectivity index (χ3n) is 3.16. The van der Waals surface area contributed by atoms with Gasteiger partial charge in [-0.1, -0.05) is 31.8 Å². The molecule has 1 atom stereocenters. The minimum Gasteiger partial charge on any atom is -0.364 e. The smallest absolute Gasteiger partial charge is 0.249 e. The molecule has 0 aliphatic heterocycles. The number of carbonyl (C=O) groups is 1. The maximum Gasteiger partial charge on any atom is 0.249 e. The van der Waals surface area contributed by atoms with E-state index in [0.717, 1.165) is 6.42 Å². The Bertz CT molecular complexity index is 245. The predicted octanol–water partition coefficient (Wildman–Crippen LogP) is 2.66. The summed E-state index contributed by atoms with van der Waals surface area (Å²) in [4.78, 5) is 12.0. The van der Waals surface area contributed by atoms with Gasteiger partial charge in [-0.25, -0.2) is 0 Å². The van der Waals surface area contributed by atoms with Crippen LogP contribution in [0.4, 0.5) is 0 Å². The van der Waals surface area contributed by atoms with Crippen molar-refractivity contribution < 1.29 is 9.53 Å². The lowest BCUT2D eigenvalue weighted by Gasteiger charge is -2.21. The highest BCUT2D eigenvalue weighted by atomic mass is 16.5. The van der Waals surface area contributed by atoms with Crippen molar-refractivity contribution in [3.8, 4) is 0 Å². The zero-order valence-electron chi connectivity index (χ0n) is 11.1. The Labute approximate surface area is 105 Å². The Morgan fingerprint density at radius 1 is 1.47 bits per heavy atom. The van der Waals surface area contributed by atoms with Crippen LogP contribution in [-0.2, 0) is 9.53 Å². The molecule has 0 aromatic carbocycles. The average Bonchev–Trinajstić information content (AvgIpc) is 2.75. The number of rotatable bonds is 7. The van der Waals surface area contributed by atoms with Gasteiger partial charge >= 0.3 is 0 Å². The largest absolute Gasteiger partial charge is 0.364 e. The van der Waals surface area contributed by atoms with Gasteiger partial charge in [0.2, 0.25) is 5.91 Å². The lowest BCUT2D eigenvalue weighted by molar-refractivity contribution is -0.133. The number of hydrogen-bond acceptors (Lipinski definition) is 2. The van der Waals surface area contributed by atoms with Crippen LogP contribution in [0.5, 0.6) is 0 Å². The molecular weight excluding hydrogens is 214 g/mol. The summed E-state index contributed by atoms with van der Waals surface area (Å²) in [5.74, 6) is 0.677. The van der Waals surface area contributed by atoms with Crippen molar-refractivity contribution in [1.82, 2.24) is 5.32 Å². The van der Waals surface area contributed by atoms with E-state index in [1.54, 1.807) is 6.08 Å². The van der Waals surface area contributed by atoms with Crippen molar-refractivity contribution in [2.45, 2.75) is 58.1 Å². The average molecular weight is 239 g/mol. The van der Waals surface area contributed by atoms with E-state index in [0.29, 0.717) is 12.5 Å². The van der Waals surface area contributed by atoms with Gasteiger partial charge in [0.25, 0.3) is 0 Å². The van der Waals surface area contributed by atoms with Crippen LogP contribution in [-0.4, -0.2) is 24.7 Å². The van der Waals surface area contributed by atoms with E-state index in [-0.39, 0.29) is 18.1 Å². The summed E-state index contributed by atoms with van der Waals surface area (Å²) in [5, 5.41) is 2.93. The van der Waals surface area contributed by atoms with E-state index in [1.165, 1.54) is 25.7 Å². The summed E-state index contributed by atoms with van der Waals surface area (Å²) < 4.78 is 5.59. The molecule has 3 heteroatoms. The van der Waals surface area contributed by atoms with E-state index < -0.39 is 0 Å². The third-order valence-corrected chi connectivity index (χ3v) is 3.16. The highest BCUT2D eigenvalue weighted by Crippen LogP contribution is 2.29. The van der Waals surface area contributed by atoms with Gasteiger partial charge in [0.05, 0.1) is 6.61 Å². The van der Waals surface area contributed by atoms with Crippen LogP contribution >= 0.6 is 0 Å².